The molecule has 1 heterocycles. The number of nitrogens with zero attached hydrogens (tertiary/aromatic N) is 2. The van der Waals surface area contributed by atoms with Crippen LogP contribution in [-0.2, 0) is 6.54 Å². The van der Waals surface area contributed by atoms with Gasteiger partial charge in [0, 0.05) is 12.6 Å². The van der Waals surface area contributed by atoms with Gasteiger partial charge >= 0.3 is 6.01 Å². The first kappa shape index (κ1) is 12.7. The van der Waals surface area contributed by atoms with Gasteiger partial charge in [-0.15, -0.1) is 5.10 Å². The molecule has 0 unspecified atom stereocenters. The predicted octanol–water partition coefficient (Wildman–Crippen LogP) is 1.88. The molecule has 6 heteroatoms. The van der Waals surface area contributed by atoms with Crippen molar-refractivity contribution in [3.8, 4) is 0 Å². The minimum atomic E-state index is 0.541. The summed E-state index contributed by atoms with van der Waals surface area (Å²) in [4.78, 5) is 0. The van der Waals surface area contributed by atoms with Crippen LogP contribution >= 0.6 is 11.8 Å². The maximum atomic E-state index is 5.47. The van der Waals surface area contributed by atoms with Crippen LogP contribution in [0.1, 0.15) is 32.1 Å². The van der Waals surface area contributed by atoms with E-state index in [0.29, 0.717) is 24.5 Å². The molecule has 0 aliphatic heterocycles. The molecule has 1 aliphatic rings. The third kappa shape index (κ3) is 4.95. The highest BCUT2D eigenvalue weighted by Crippen LogP contribution is 2.19. The van der Waals surface area contributed by atoms with Crippen LogP contribution in [0.4, 0.5) is 6.01 Å². The Balaban J connectivity index is 1.59. The van der Waals surface area contributed by atoms with Crippen LogP contribution in [-0.4, -0.2) is 34.3 Å². The summed E-state index contributed by atoms with van der Waals surface area (Å²) < 4.78 is 5.47. The van der Waals surface area contributed by atoms with Crippen molar-refractivity contribution in [2.24, 2.45) is 0 Å². The van der Waals surface area contributed by atoms with E-state index in [1.54, 1.807) is 0 Å². The van der Waals surface area contributed by atoms with E-state index >= 15 is 0 Å². The molecule has 2 rings (SSSR count). The van der Waals surface area contributed by atoms with Crippen molar-refractivity contribution in [1.29, 1.82) is 0 Å². The molecular weight excluding hydrogens is 236 g/mol. The molecule has 17 heavy (non-hydrogen) atoms. The highest BCUT2D eigenvalue weighted by atomic mass is 32.2. The minimum Gasteiger partial charge on any atom is -0.407 e. The zero-order valence-electron chi connectivity index (χ0n) is 10.2. The first-order chi connectivity index (χ1) is 8.38. The maximum absolute atomic E-state index is 5.47. The molecule has 0 atom stereocenters. The van der Waals surface area contributed by atoms with Crippen LogP contribution in [0, 0.1) is 0 Å². The molecule has 1 fully saturated rings. The fourth-order valence-electron chi connectivity index (χ4n) is 1.43. The molecule has 5 nitrogen and oxygen atoms in total. The minimum absolute atomic E-state index is 0.541. The Morgan fingerprint density at radius 2 is 2.29 bits per heavy atom. The third-order valence-electron chi connectivity index (χ3n) is 2.53. The average molecular weight is 256 g/mol. The number of hydrogen-bond donors (Lipinski definition) is 2. The van der Waals surface area contributed by atoms with Crippen molar-refractivity contribution in [2.75, 3.05) is 23.4 Å². The summed E-state index contributed by atoms with van der Waals surface area (Å²) in [5.41, 5.74) is 0. The molecule has 0 aromatic carbocycles. The monoisotopic (exact) mass is 256 g/mol. The van der Waals surface area contributed by atoms with E-state index in [2.05, 4.69) is 27.8 Å². The predicted molar refractivity (Wildman–Crippen MR) is 70.3 cm³/mol. The zero-order chi connectivity index (χ0) is 11.9. The Hall–Kier alpha value is -0.750. The molecule has 0 bridgehead atoms. The smallest absolute Gasteiger partial charge is 0.315 e. The summed E-state index contributed by atoms with van der Waals surface area (Å²) in [5, 5.41) is 14.4. The molecule has 2 N–H and O–H groups in total. The van der Waals surface area contributed by atoms with E-state index in [1.165, 1.54) is 24.3 Å². The summed E-state index contributed by atoms with van der Waals surface area (Å²) in [6.45, 7) is 3.75. The van der Waals surface area contributed by atoms with Gasteiger partial charge in [0.1, 0.15) is 0 Å². The number of nitrogens with one attached hydrogen (secondary N) is 2. The van der Waals surface area contributed by atoms with Gasteiger partial charge in [-0.1, -0.05) is 12.0 Å². The van der Waals surface area contributed by atoms with E-state index in [1.807, 2.05) is 11.8 Å². The van der Waals surface area contributed by atoms with Crippen molar-refractivity contribution in [1.82, 2.24) is 15.5 Å². The molecule has 0 saturated heterocycles. The van der Waals surface area contributed by atoms with Crippen molar-refractivity contribution in [2.45, 2.75) is 38.8 Å². The lowest BCUT2D eigenvalue weighted by molar-refractivity contribution is 0.476. The second-order valence-corrected chi connectivity index (χ2v) is 5.53. The Kier molecular flexibility index (Phi) is 5.12. The van der Waals surface area contributed by atoms with Crippen LogP contribution in [0.5, 0.6) is 0 Å². The van der Waals surface area contributed by atoms with Crippen molar-refractivity contribution in [3.63, 3.8) is 0 Å². The summed E-state index contributed by atoms with van der Waals surface area (Å²) >= 11 is 1.95. The molecule has 0 spiro atoms. The van der Waals surface area contributed by atoms with Gasteiger partial charge in [-0.2, -0.15) is 11.8 Å². The number of aromatic nitrogens is 2. The molecule has 1 aromatic heterocycles. The van der Waals surface area contributed by atoms with Crippen LogP contribution < -0.4 is 10.6 Å². The lowest BCUT2D eigenvalue weighted by Gasteiger charge is -2.00. The quantitative estimate of drug-likeness (QED) is 0.658. The summed E-state index contributed by atoms with van der Waals surface area (Å²) in [7, 11) is 0. The topological polar surface area (TPSA) is 63.0 Å². The van der Waals surface area contributed by atoms with Crippen molar-refractivity contribution < 1.29 is 4.42 Å². The van der Waals surface area contributed by atoms with Gasteiger partial charge in [0.2, 0.25) is 5.89 Å². The van der Waals surface area contributed by atoms with E-state index in [4.69, 9.17) is 4.42 Å². The van der Waals surface area contributed by atoms with Crippen LogP contribution in [0.25, 0.3) is 0 Å². The molecule has 0 amide bonds. The molecule has 1 aromatic rings. The van der Waals surface area contributed by atoms with E-state index in [-0.39, 0.29) is 0 Å². The van der Waals surface area contributed by atoms with E-state index in [0.717, 1.165) is 13.0 Å². The molecular formula is C11H20N4OS. The van der Waals surface area contributed by atoms with Gasteiger partial charge in [-0.05, 0) is 30.8 Å². The fourth-order valence-corrected chi connectivity index (χ4v) is 2.07. The van der Waals surface area contributed by atoms with Gasteiger partial charge in [0.25, 0.3) is 0 Å². The Morgan fingerprint density at radius 3 is 3.06 bits per heavy atom. The van der Waals surface area contributed by atoms with Gasteiger partial charge in [-0.25, -0.2) is 0 Å². The largest absolute Gasteiger partial charge is 0.407 e. The fraction of sp³-hybridized carbons (Fsp3) is 0.818. The second-order valence-electron chi connectivity index (χ2n) is 4.13. The van der Waals surface area contributed by atoms with Crippen LogP contribution in [0.3, 0.4) is 0 Å². The Bertz CT molecular complexity index is 327. The molecule has 0 radical (unpaired) electrons. The SMILES string of the molecule is CCSCCCNc1nnc(CNC2CC2)o1. The normalized spacial score (nSPS) is 15.1. The maximum Gasteiger partial charge on any atom is 0.315 e. The molecule has 1 aliphatic carbocycles. The Labute approximate surface area is 106 Å². The first-order valence-electron chi connectivity index (χ1n) is 6.26. The van der Waals surface area contributed by atoms with E-state index in [9.17, 15) is 0 Å². The van der Waals surface area contributed by atoms with E-state index < -0.39 is 0 Å². The zero-order valence-corrected chi connectivity index (χ0v) is 11.1. The van der Waals surface area contributed by atoms with Crippen molar-refractivity contribution >= 4 is 17.8 Å². The molecule has 96 valence electrons. The third-order valence-corrected chi connectivity index (χ3v) is 3.52. The standard InChI is InChI=1S/C11H20N4OS/c1-2-17-7-3-6-12-11-15-14-10(16-11)8-13-9-4-5-9/h9,13H,2-8H2,1H3,(H,12,15). The average Bonchev–Trinajstić information content (AvgIpc) is 3.06. The lowest BCUT2D eigenvalue weighted by Crippen LogP contribution is -2.15. The Morgan fingerprint density at radius 1 is 1.41 bits per heavy atom. The number of thioether (sulfide) groups is 1. The summed E-state index contributed by atoms with van der Waals surface area (Å²) in [6.07, 6.45) is 3.67. The highest BCUT2D eigenvalue weighted by molar-refractivity contribution is 7.99. The molecule has 1 saturated carbocycles. The van der Waals surface area contributed by atoms with Gasteiger partial charge in [0.15, 0.2) is 0 Å². The number of hydrogen-bond acceptors (Lipinski definition) is 6. The summed E-state index contributed by atoms with van der Waals surface area (Å²) in [6, 6.07) is 1.21. The van der Waals surface area contributed by atoms with Crippen molar-refractivity contribution in [3.05, 3.63) is 5.89 Å². The van der Waals surface area contributed by atoms with Gasteiger partial charge in [-0.3, -0.25) is 0 Å². The summed E-state index contributed by atoms with van der Waals surface area (Å²) in [5.74, 6) is 3.02. The second kappa shape index (κ2) is 6.86. The van der Waals surface area contributed by atoms with Crippen LogP contribution in [0.2, 0.25) is 0 Å². The van der Waals surface area contributed by atoms with Crippen LogP contribution in [0.15, 0.2) is 4.42 Å². The van der Waals surface area contributed by atoms with Gasteiger partial charge < -0.3 is 15.1 Å². The highest BCUT2D eigenvalue weighted by Gasteiger charge is 2.21. The first-order valence-corrected chi connectivity index (χ1v) is 7.41. The van der Waals surface area contributed by atoms with Gasteiger partial charge in [0.05, 0.1) is 6.54 Å². The number of rotatable bonds is 9. The number of anilines is 1. The lowest BCUT2D eigenvalue weighted by atomic mass is 10.5.